The number of esters is 2. The molecule has 0 amide bonds. The van der Waals surface area contributed by atoms with Crippen molar-refractivity contribution in [2.75, 3.05) is 13.2 Å². The van der Waals surface area contributed by atoms with E-state index >= 15 is 0 Å². The van der Waals surface area contributed by atoms with Crippen molar-refractivity contribution in [1.29, 1.82) is 0 Å². The predicted molar refractivity (Wildman–Crippen MR) is 95.0 cm³/mol. The van der Waals surface area contributed by atoms with Crippen molar-refractivity contribution in [1.82, 2.24) is 0 Å². The molecule has 0 aliphatic heterocycles. The summed E-state index contributed by atoms with van der Waals surface area (Å²) < 4.78 is 19.5. The first-order chi connectivity index (χ1) is 12.2. The van der Waals surface area contributed by atoms with Crippen molar-refractivity contribution in [3.63, 3.8) is 0 Å². The van der Waals surface area contributed by atoms with E-state index in [1.54, 1.807) is 39.0 Å². The molecule has 7 nitrogen and oxygen atoms in total. The van der Waals surface area contributed by atoms with Crippen molar-refractivity contribution in [2.24, 2.45) is 0 Å². The van der Waals surface area contributed by atoms with Gasteiger partial charge < -0.3 is 18.9 Å². The van der Waals surface area contributed by atoms with Crippen LogP contribution >= 0.6 is 0 Å². The van der Waals surface area contributed by atoms with Crippen molar-refractivity contribution < 1.29 is 33.3 Å². The summed E-state index contributed by atoms with van der Waals surface area (Å²) >= 11 is 0. The van der Waals surface area contributed by atoms with Crippen LogP contribution in [-0.2, 0) is 28.5 Å². The molecule has 0 aromatic rings. The van der Waals surface area contributed by atoms with E-state index in [0.717, 1.165) is 0 Å². The molecule has 7 heteroatoms. The Morgan fingerprint density at radius 2 is 1.65 bits per heavy atom. The van der Waals surface area contributed by atoms with Gasteiger partial charge in [-0.05, 0) is 33.3 Å². The molecule has 0 N–H and O–H groups in total. The van der Waals surface area contributed by atoms with E-state index in [0.29, 0.717) is 12.0 Å². The van der Waals surface area contributed by atoms with Crippen LogP contribution in [0.1, 0.15) is 41.0 Å². The standard InChI is InChI=1S/C19H26O7/c1-6-23-19(22)24-12-8-7-9-18(13-15(3)26-17(5)21)11-10-14(2)25-16(4)20/h7-8,13-15H,6,9,12H2,1-5H3/b8-7+,18-13-. The van der Waals surface area contributed by atoms with E-state index in [2.05, 4.69) is 16.6 Å². The van der Waals surface area contributed by atoms with Gasteiger partial charge in [-0.15, -0.1) is 0 Å². The number of carbonyl (C=O) groups excluding carboxylic acids is 3. The number of hydrogen-bond donors (Lipinski definition) is 0. The maximum atomic E-state index is 11.1. The molecule has 26 heavy (non-hydrogen) atoms. The molecule has 0 aromatic carbocycles. The maximum Gasteiger partial charge on any atom is 0.508 e. The van der Waals surface area contributed by atoms with Crippen LogP contribution in [0.15, 0.2) is 23.8 Å². The van der Waals surface area contributed by atoms with Gasteiger partial charge >= 0.3 is 18.1 Å². The summed E-state index contributed by atoms with van der Waals surface area (Å²) in [6, 6.07) is 0. The van der Waals surface area contributed by atoms with Crippen LogP contribution in [0.25, 0.3) is 0 Å². The molecule has 2 unspecified atom stereocenters. The fraction of sp³-hybridized carbons (Fsp3) is 0.526. The molecule has 0 saturated carbocycles. The largest absolute Gasteiger partial charge is 0.508 e. The Morgan fingerprint density at radius 3 is 2.23 bits per heavy atom. The number of hydrogen-bond acceptors (Lipinski definition) is 7. The van der Waals surface area contributed by atoms with E-state index in [4.69, 9.17) is 14.2 Å². The first kappa shape index (κ1) is 23.2. The van der Waals surface area contributed by atoms with E-state index < -0.39 is 30.3 Å². The third kappa shape index (κ3) is 13.7. The van der Waals surface area contributed by atoms with Crippen LogP contribution in [0, 0.1) is 11.8 Å². The summed E-state index contributed by atoms with van der Waals surface area (Å²) in [4.78, 5) is 33.0. The lowest BCUT2D eigenvalue weighted by molar-refractivity contribution is -0.144. The van der Waals surface area contributed by atoms with E-state index in [-0.39, 0.29) is 13.2 Å². The highest BCUT2D eigenvalue weighted by molar-refractivity contribution is 5.66. The Kier molecular flexibility index (Phi) is 12.1. The average molecular weight is 366 g/mol. The lowest BCUT2D eigenvalue weighted by atomic mass is 10.1. The number of carbonyl (C=O) groups is 3. The second-order valence-corrected chi connectivity index (χ2v) is 5.20. The monoisotopic (exact) mass is 366 g/mol. The Morgan fingerprint density at radius 1 is 1.00 bits per heavy atom. The second-order valence-electron chi connectivity index (χ2n) is 5.20. The van der Waals surface area contributed by atoms with Gasteiger partial charge in [0.15, 0.2) is 6.10 Å². The van der Waals surface area contributed by atoms with Gasteiger partial charge in [0.2, 0.25) is 0 Å². The summed E-state index contributed by atoms with van der Waals surface area (Å²) in [6.45, 7) is 8.02. The fourth-order valence-corrected chi connectivity index (χ4v) is 1.77. The van der Waals surface area contributed by atoms with Crippen LogP contribution < -0.4 is 0 Å². The van der Waals surface area contributed by atoms with Gasteiger partial charge in [0.25, 0.3) is 0 Å². The second kappa shape index (κ2) is 13.5. The summed E-state index contributed by atoms with van der Waals surface area (Å²) in [5, 5.41) is 0. The predicted octanol–water partition coefficient (Wildman–Crippen LogP) is 2.94. The highest BCUT2D eigenvalue weighted by atomic mass is 16.7. The summed E-state index contributed by atoms with van der Waals surface area (Å²) in [6.07, 6.45) is 3.80. The SMILES string of the molecule is CCOC(=O)OC/C=C/C/C(C#CC(C)OC(C)=O)=C/C(C)OC(C)=O. The molecule has 0 bridgehead atoms. The van der Waals surface area contributed by atoms with Crippen molar-refractivity contribution >= 4 is 18.1 Å². The minimum atomic E-state index is -0.730. The summed E-state index contributed by atoms with van der Waals surface area (Å²) in [5.41, 5.74) is 0.671. The zero-order valence-electron chi connectivity index (χ0n) is 15.9. The van der Waals surface area contributed by atoms with Crippen LogP contribution in [0.4, 0.5) is 4.79 Å². The molecule has 0 heterocycles. The van der Waals surface area contributed by atoms with Gasteiger partial charge in [0.1, 0.15) is 12.7 Å². The lowest BCUT2D eigenvalue weighted by Crippen LogP contribution is -2.11. The van der Waals surface area contributed by atoms with Crippen molar-refractivity contribution in [3.8, 4) is 11.8 Å². The Hall–Kier alpha value is -2.75. The number of allylic oxidation sites excluding steroid dienone is 2. The molecular formula is C19H26O7. The van der Waals surface area contributed by atoms with Gasteiger partial charge in [0.05, 0.1) is 6.61 Å². The number of ether oxygens (including phenoxy) is 4. The van der Waals surface area contributed by atoms with E-state index in [1.165, 1.54) is 13.8 Å². The molecule has 0 radical (unpaired) electrons. The third-order valence-electron chi connectivity index (χ3n) is 2.63. The number of rotatable bonds is 8. The van der Waals surface area contributed by atoms with E-state index in [1.807, 2.05) is 0 Å². The zero-order chi connectivity index (χ0) is 19.9. The molecular weight excluding hydrogens is 340 g/mol. The highest BCUT2D eigenvalue weighted by Crippen LogP contribution is 2.07. The molecule has 2 atom stereocenters. The minimum absolute atomic E-state index is 0.0723. The average Bonchev–Trinajstić information content (AvgIpc) is 2.50. The molecule has 144 valence electrons. The molecule has 0 spiro atoms. The molecule has 0 saturated heterocycles. The van der Waals surface area contributed by atoms with Crippen LogP contribution in [0.2, 0.25) is 0 Å². The molecule has 0 aromatic heterocycles. The Labute approximate surface area is 154 Å². The molecule has 0 rings (SSSR count). The van der Waals surface area contributed by atoms with Crippen molar-refractivity contribution in [3.05, 3.63) is 23.8 Å². The smallest absolute Gasteiger partial charge is 0.459 e. The zero-order valence-corrected chi connectivity index (χ0v) is 15.9. The summed E-state index contributed by atoms with van der Waals surface area (Å²) in [7, 11) is 0. The Balaban J connectivity index is 4.85. The fourth-order valence-electron chi connectivity index (χ4n) is 1.77. The quantitative estimate of drug-likeness (QED) is 0.282. The maximum absolute atomic E-state index is 11.1. The normalized spacial score (nSPS) is 13.2. The third-order valence-corrected chi connectivity index (χ3v) is 2.63. The first-order valence-electron chi connectivity index (χ1n) is 8.25. The van der Waals surface area contributed by atoms with Gasteiger partial charge in [-0.3, -0.25) is 9.59 Å². The van der Waals surface area contributed by atoms with Crippen LogP contribution in [0.3, 0.4) is 0 Å². The molecule has 0 aliphatic carbocycles. The first-order valence-corrected chi connectivity index (χ1v) is 8.25. The van der Waals surface area contributed by atoms with Gasteiger partial charge in [-0.1, -0.05) is 24.0 Å². The Bertz CT molecular complexity index is 593. The summed E-state index contributed by atoms with van der Waals surface area (Å²) in [5.74, 6) is 4.90. The van der Waals surface area contributed by atoms with Gasteiger partial charge in [-0.2, -0.15) is 0 Å². The van der Waals surface area contributed by atoms with Crippen LogP contribution in [0.5, 0.6) is 0 Å². The highest BCUT2D eigenvalue weighted by Gasteiger charge is 2.04. The van der Waals surface area contributed by atoms with Crippen LogP contribution in [-0.4, -0.2) is 43.5 Å². The van der Waals surface area contributed by atoms with Gasteiger partial charge in [0, 0.05) is 19.4 Å². The topological polar surface area (TPSA) is 88.1 Å². The van der Waals surface area contributed by atoms with Gasteiger partial charge in [-0.25, -0.2) is 4.79 Å². The molecule has 0 aliphatic rings. The van der Waals surface area contributed by atoms with Crippen molar-refractivity contribution in [2.45, 2.75) is 53.2 Å². The molecule has 0 fully saturated rings. The van der Waals surface area contributed by atoms with E-state index in [9.17, 15) is 14.4 Å². The minimum Gasteiger partial charge on any atom is -0.459 e. The lowest BCUT2D eigenvalue weighted by Gasteiger charge is -2.08.